The summed E-state index contributed by atoms with van der Waals surface area (Å²) in [7, 11) is 0. The smallest absolute Gasteiger partial charge is 0.342 e. The summed E-state index contributed by atoms with van der Waals surface area (Å²) in [5, 5.41) is 23.3. The number of hydrogen-bond donors (Lipinski definition) is 3. The van der Waals surface area contributed by atoms with E-state index < -0.39 is 30.2 Å². The Hall–Kier alpha value is -3.79. The number of nitrogens with one attached hydrogen (secondary N) is 1. The SMILES string of the molecule is CCOC(=O)c1c(-c2ccco2)csc1NC(=O)COC(=O)c1ccc(O)cc1O. The van der Waals surface area contributed by atoms with Gasteiger partial charge in [-0.25, -0.2) is 9.59 Å². The number of benzene rings is 1. The van der Waals surface area contributed by atoms with Crippen LogP contribution in [0.5, 0.6) is 11.5 Å². The average molecular weight is 431 g/mol. The number of anilines is 1. The number of thiophene rings is 1. The molecule has 0 spiro atoms. The Bertz CT molecular complexity index is 1070. The molecule has 0 radical (unpaired) electrons. The van der Waals surface area contributed by atoms with Gasteiger partial charge in [-0.2, -0.15) is 0 Å². The van der Waals surface area contributed by atoms with Crippen molar-refractivity contribution in [3.05, 3.63) is 53.1 Å². The molecule has 10 heteroatoms. The van der Waals surface area contributed by atoms with Gasteiger partial charge in [-0.15, -0.1) is 11.3 Å². The van der Waals surface area contributed by atoms with Gasteiger partial charge in [-0.3, -0.25) is 4.79 Å². The van der Waals surface area contributed by atoms with Crippen molar-refractivity contribution in [3.8, 4) is 22.8 Å². The third kappa shape index (κ3) is 4.61. The van der Waals surface area contributed by atoms with Crippen molar-refractivity contribution < 1.29 is 38.5 Å². The van der Waals surface area contributed by atoms with Gasteiger partial charge in [-0.1, -0.05) is 0 Å². The van der Waals surface area contributed by atoms with E-state index in [0.29, 0.717) is 11.3 Å². The van der Waals surface area contributed by atoms with Gasteiger partial charge in [0, 0.05) is 17.0 Å². The summed E-state index contributed by atoms with van der Waals surface area (Å²) in [4.78, 5) is 36.7. The first-order valence-corrected chi connectivity index (χ1v) is 9.60. The standard InChI is InChI=1S/C20H17NO8S/c1-2-27-20(26)17-13(15-4-3-7-28-15)10-30-18(17)21-16(24)9-29-19(25)12-6-5-11(22)8-14(12)23/h3-8,10,22-23H,2,9H2,1H3,(H,21,24). The Morgan fingerprint density at radius 1 is 1.13 bits per heavy atom. The van der Waals surface area contributed by atoms with Gasteiger partial charge in [0.05, 0.1) is 12.9 Å². The second kappa shape index (κ2) is 9.14. The number of aromatic hydroxyl groups is 2. The molecule has 3 aromatic rings. The molecule has 3 rings (SSSR count). The van der Waals surface area contributed by atoms with E-state index in [0.717, 1.165) is 17.4 Å². The maximum atomic E-state index is 12.4. The number of furan rings is 1. The highest BCUT2D eigenvalue weighted by Gasteiger charge is 2.24. The molecule has 0 aliphatic rings. The number of hydrogen-bond acceptors (Lipinski definition) is 9. The number of phenolic OH excluding ortho intramolecular Hbond substituents is 2. The van der Waals surface area contributed by atoms with E-state index in [2.05, 4.69) is 5.32 Å². The lowest BCUT2D eigenvalue weighted by Crippen LogP contribution is -2.21. The second-order valence-corrected chi connectivity index (χ2v) is 6.76. The molecule has 0 unspecified atom stereocenters. The largest absolute Gasteiger partial charge is 0.508 e. The number of ether oxygens (including phenoxy) is 2. The van der Waals surface area contributed by atoms with Crippen molar-refractivity contribution in [3.63, 3.8) is 0 Å². The molecule has 0 bridgehead atoms. The fraction of sp³-hybridized carbons (Fsp3) is 0.150. The minimum absolute atomic E-state index is 0.132. The Kier molecular flexibility index (Phi) is 6.38. The Morgan fingerprint density at radius 2 is 1.93 bits per heavy atom. The zero-order valence-electron chi connectivity index (χ0n) is 15.7. The molecule has 156 valence electrons. The molecule has 0 fully saturated rings. The summed E-state index contributed by atoms with van der Waals surface area (Å²) in [6.45, 7) is 1.15. The summed E-state index contributed by atoms with van der Waals surface area (Å²) < 4.78 is 15.3. The minimum Gasteiger partial charge on any atom is -0.508 e. The summed E-state index contributed by atoms with van der Waals surface area (Å²) >= 11 is 1.09. The number of carbonyl (C=O) groups excluding carboxylic acids is 3. The van der Waals surface area contributed by atoms with Crippen molar-refractivity contribution in [2.75, 3.05) is 18.5 Å². The van der Waals surface area contributed by atoms with Crippen LogP contribution in [0.2, 0.25) is 0 Å². The molecule has 3 N–H and O–H groups in total. The van der Waals surface area contributed by atoms with Crippen molar-refractivity contribution in [1.29, 1.82) is 0 Å². The van der Waals surface area contributed by atoms with Crippen LogP contribution in [-0.2, 0) is 14.3 Å². The number of rotatable bonds is 7. The van der Waals surface area contributed by atoms with E-state index in [1.807, 2.05) is 0 Å². The Labute approximate surface area is 174 Å². The van der Waals surface area contributed by atoms with Crippen molar-refractivity contribution in [2.24, 2.45) is 0 Å². The van der Waals surface area contributed by atoms with E-state index in [4.69, 9.17) is 13.9 Å². The summed E-state index contributed by atoms with van der Waals surface area (Å²) in [5.74, 6) is -2.55. The van der Waals surface area contributed by atoms with Gasteiger partial charge >= 0.3 is 11.9 Å². The molecule has 30 heavy (non-hydrogen) atoms. The lowest BCUT2D eigenvalue weighted by atomic mass is 10.1. The van der Waals surface area contributed by atoms with Gasteiger partial charge in [0.1, 0.15) is 33.4 Å². The zero-order chi connectivity index (χ0) is 21.7. The summed E-state index contributed by atoms with van der Waals surface area (Å²) in [5.41, 5.74) is 0.390. The molecule has 0 saturated carbocycles. The number of amides is 1. The maximum absolute atomic E-state index is 12.4. The lowest BCUT2D eigenvalue weighted by molar-refractivity contribution is -0.119. The second-order valence-electron chi connectivity index (χ2n) is 5.88. The number of phenols is 2. The highest BCUT2D eigenvalue weighted by molar-refractivity contribution is 7.15. The third-order valence-corrected chi connectivity index (χ3v) is 4.74. The van der Waals surface area contributed by atoms with E-state index >= 15 is 0 Å². The molecule has 9 nitrogen and oxygen atoms in total. The quantitative estimate of drug-likeness (QED) is 0.485. The first-order valence-electron chi connectivity index (χ1n) is 8.72. The molecule has 2 aromatic heterocycles. The third-order valence-electron chi connectivity index (χ3n) is 3.85. The van der Waals surface area contributed by atoms with Crippen LogP contribution in [0.3, 0.4) is 0 Å². The zero-order valence-corrected chi connectivity index (χ0v) is 16.5. The normalized spacial score (nSPS) is 10.4. The van der Waals surface area contributed by atoms with Gasteiger partial charge in [-0.05, 0) is 31.2 Å². The molecular formula is C20H17NO8S. The predicted molar refractivity (Wildman–Crippen MR) is 107 cm³/mol. The van der Waals surface area contributed by atoms with Crippen LogP contribution in [-0.4, -0.2) is 41.3 Å². The minimum atomic E-state index is -0.948. The van der Waals surface area contributed by atoms with E-state index in [1.54, 1.807) is 24.4 Å². The topological polar surface area (TPSA) is 135 Å². The average Bonchev–Trinajstić information content (AvgIpc) is 3.36. The molecule has 0 saturated heterocycles. The van der Waals surface area contributed by atoms with Crippen molar-refractivity contribution in [2.45, 2.75) is 6.92 Å². The van der Waals surface area contributed by atoms with E-state index in [-0.39, 0.29) is 28.5 Å². The highest BCUT2D eigenvalue weighted by atomic mass is 32.1. The fourth-order valence-corrected chi connectivity index (χ4v) is 3.49. The van der Waals surface area contributed by atoms with E-state index in [9.17, 15) is 24.6 Å². The van der Waals surface area contributed by atoms with Gasteiger partial charge in [0.2, 0.25) is 0 Å². The first kappa shape index (κ1) is 20.9. The molecule has 1 amide bonds. The lowest BCUT2D eigenvalue weighted by Gasteiger charge is -2.09. The predicted octanol–water partition coefficient (Wildman–Crippen LogP) is 3.39. The van der Waals surface area contributed by atoms with Gasteiger partial charge < -0.3 is 29.4 Å². The number of esters is 2. The highest BCUT2D eigenvalue weighted by Crippen LogP contribution is 2.36. The van der Waals surface area contributed by atoms with Gasteiger partial charge in [0.15, 0.2) is 6.61 Å². The molecule has 0 aliphatic carbocycles. The first-order chi connectivity index (χ1) is 14.4. The molecule has 0 atom stereocenters. The van der Waals surface area contributed by atoms with Crippen LogP contribution >= 0.6 is 11.3 Å². The van der Waals surface area contributed by atoms with Crippen LogP contribution in [0.25, 0.3) is 11.3 Å². The molecule has 2 heterocycles. The van der Waals surface area contributed by atoms with Crippen molar-refractivity contribution >= 4 is 34.2 Å². The molecule has 1 aromatic carbocycles. The molecular weight excluding hydrogens is 414 g/mol. The Morgan fingerprint density at radius 3 is 2.60 bits per heavy atom. The summed E-state index contributed by atoms with van der Waals surface area (Å²) in [6.07, 6.45) is 1.46. The van der Waals surface area contributed by atoms with Crippen LogP contribution in [0.1, 0.15) is 27.6 Å². The monoisotopic (exact) mass is 431 g/mol. The van der Waals surface area contributed by atoms with Gasteiger partial charge in [0.25, 0.3) is 5.91 Å². The maximum Gasteiger partial charge on any atom is 0.342 e. The van der Waals surface area contributed by atoms with E-state index in [1.165, 1.54) is 18.4 Å². The van der Waals surface area contributed by atoms with Crippen LogP contribution in [0, 0.1) is 0 Å². The number of carbonyl (C=O) groups is 3. The summed E-state index contributed by atoms with van der Waals surface area (Å²) in [6, 6.07) is 6.67. The van der Waals surface area contributed by atoms with Crippen molar-refractivity contribution in [1.82, 2.24) is 0 Å². The van der Waals surface area contributed by atoms with Crippen LogP contribution in [0.4, 0.5) is 5.00 Å². The molecule has 0 aliphatic heterocycles. The van der Waals surface area contributed by atoms with Crippen LogP contribution in [0.15, 0.2) is 46.4 Å². The Balaban J connectivity index is 1.72. The van der Waals surface area contributed by atoms with Crippen LogP contribution < -0.4 is 5.32 Å². The fourth-order valence-electron chi connectivity index (χ4n) is 2.53.